The van der Waals surface area contributed by atoms with Crippen LogP contribution in [0, 0.1) is 5.82 Å². The number of carbonyl (C=O) groups excluding carboxylic acids is 1. The topological polar surface area (TPSA) is 112 Å². The number of benzene rings is 2. The highest BCUT2D eigenvalue weighted by atomic mass is 19.1. The third-order valence-corrected chi connectivity index (χ3v) is 6.74. The van der Waals surface area contributed by atoms with Gasteiger partial charge in [-0.2, -0.15) is 0 Å². The van der Waals surface area contributed by atoms with Gasteiger partial charge in [-0.15, -0.1) is 0 Å². The lowest BCUT2D eigenvalue weighted by Gasteiger charge is -2.26. The van der Waals surface area contributed by atoms with E-state index in [0.717, 1.165) is 39.3 Å². The molecule has 11 heteroatoms. The van der Waals surface area contributed by atoms with Crippen LogP contribution in [0.3, 0.4) is 0 Å². The Hall–Kier alpha value is -4.48. The Kier molecular flexibility index (Phi) is 8.76. The van der Waals surface area contributed by atoms with Crippen LogP contribution in [0.4, 0.5) is 4.39 Å². The Morgan fingerprint density at radius 1 is 1.02 bits per heavy atom. The quantitative estimate of drug-likeness (QED) is 0.221. The number of nitrogens with one attached hydrogen (secondary N) is 1. The number of hydrogen-bond donors (Lipinski definition) is 1. The van der Waals surface area contributed by atoms with Crippen molar-refractivity contribution < 1.29 is 32.9 Å². The molecule has 1 fully saturated rings. The van der Waals surface area contributed by atoms with E-state index in [9.17, 15) is 9.59 Å². The van der Waals surface area contributed by atoms with Crippen molar-refractivity contribution in [1.82, 2.24) is 14.9 Å². The maximum absolute atomic E-state index is 15.1. The molecular weight excluding hydrogens is 533 g/mol. The van der Waals surface area contributed by atoms with Gasteiger partial charge in [0.1, 0.15) is 11.3 Å². The van der Waals surface area contributed by atoms with E-state index in [-0.39, 0.29) is 11.3 Å². The van der Waals surface area contributed by atoms with Crippen LogP contribution in [-0.4, -0.2) is 74.5 Å². The molecule has 41 heavy (non-hydrogen) atoms. The normalized spacial score (nSPS) is 13.6. The number of rotatable bonds is 10. The first-order valence-corrected chi connectivity index (χ1v) is 13.2. The predicted molar refractivity (Wildman–Crippen MR) is 150 cm³/mol. The summed E-state index contributed by atoms with van der Waals surface area (Å²) in [4.78, 5) is 33.3. The number of ether oxygens (including phenoxy) is 5. The first-order chi connectivity index (χ1) is 20.0. The number of aromatic amines is 1. The standard InChI is InChI=1S/C30H30FN3O7/c1-37-27-17-21-24(18-28(27)40-13-3-10-34-11-14-39-15-12-34)32-9-8-25(21)41-26-7-4-19(16-22(26)31)23-6-5-20(29(35)33-23)30(36)38-2/h4-9,16-18H,3,10-15H2,1-2H3,(H,33,35). The zero-order valence-corrected chi connectivity index (χ0v) is 22.8. The minimum absolute atomic E-state index is 0.0165. The Bertz CT molecular complexity index is 1600. The van der Waals surface area contributed by atoms with Crippen molar-refractivity contribution in [1.29, 1.82) is 0 Å². The molecule has 2 aromatic heterocycles. The Labute approximate surface area is 235 Å². The maximum Gasteiger partial charge on any atom is 0.343 e. The fourth-order valence-corrected chi connectivity index (χ4v) is 4.57. The van der Waals surface area contributed by atoms with Crippen molar-refractivity contribution in [3.8, 4) is 34.3 Å². The van der Waals surface area contributed by atoms with Gasteiger partial charge in [-0.25, -0.2) is 9.18 Å². The SMILES string of the molecule is COC(=O)c1ccc(-c2ccc(Oc3ccnc4cc(OCCCN5CCOCC5)c(OC)cc34)c(F)c2)[nH]c1=O. The highest BCUT2D eigenvalue weighted by Gasteiger charge is 2.16. The molecule has 4 aromatic rings. The molecule has 1 aliphatic rings. The summed E-state index contributed by atoms with van der Waals surface area (Å²) in [6.45, 7) is 4.82. The van der Waals surface area contributed by atoms with E-state index in [1.54, 1.807) is 37.6 Å². The van der Waals surface area contributed by atoms with E-state index < -0.39 is 17.3 Å². The molecule has 0 amide bonds. The van der Waals surface area contributed by atoms with E-state index in [1.807, 2.05) is 0 Å². The lowest BCUT2D eigenvalue weighted by atomic mass is 10.1. The van der Waals surface area contributed by atoms with Gasteiger partial charge < -0.3 is 28.7 Å². The van der Waals surface area contributed by atoms with E-state index in [2.05, 4.69) is 19.6 Å². The number of fused-ring (bicyclic) bond motifs is 1. The summed E-state index contributed by atoms with van der Waals surface area (Å²) in [5, 5.41) is 0.622. The molecule has 3 heterocycles. The van der Waals surface area contributed by atoms with Crippen LogP contribution in [0.15, 0.2) is 59.5 Å². The Morgan fingerprint density at radius 3 is 2.59 bits per heavy atom. The lowest BCUT2D eigenvalue weighted by Crippen LogP contribution is -2.37. The van der Waals surface area contributed by atoms with E-state index in [1.165, 1.54) is 31.4 Å². The Morgan fingerprint density at radius 2 is 1.85 bits per heavy atom. The third-order valence-electron chi connectivity index (χ3n) is 6.74. The van der Waals surface area contributed by atoms with Gasteiger partial charge >= 0.3 is 5.97 Å². The molecule has 1 saturated heterocycles. The molecule has 0 unspecified atom stereocenters. The monoisotopic (exact) mass is 563 g/mol. The number of pyridine rings is 2. The van der Waals surface area contributed by atoms with Crippen LogP contribution in [0.2, 0.25) is 0 Å². The molecule has 1 aliphatic heterocycles. The number of H-pyrrole nitrogens is 1. The Balaban J connectivity index is 1.32. The van der Waals surface area contributed by atoms with Gasteiger partial charge in [0.25, 0.3) is 5.56 Å². The number of halogens is 1. The van der Waals surface area contributed by atoms with E-state index in [0.29, 0.717) is 46.0 Å². The minimum Gasteiger partial charge on any atom is -0.493 e. The lowest BCUT2D eigenvalue weighted by molar-refractivity contribution is 0.0357. The second kappa shape index (κ2) is 12.8. The molecule has 1 N–H and O–H groups in total. The number of aromatic nitrogens is 2. The number of nitrogens with zero attached hydrogens (tertiary/aromatic N) is 2. The first-order valence-electron chi connectivity index (χ1n) is 13.2. The fraction of sp³-hybridized carbons (Fsp3) is 0.300. The molecule has 5 rings (SSSR count). The highest BCUT2D eigenvalue weighted by Crippen LogP contribution is 2.38. The zero-order chi connectivity index (χ0) is 28.8. The molecular formula is C30H30FN3O7. The molecule has 0 saturated carbocycles. The van der Waals surface area contributed by atoms with Crippen molar-refractivity contribution >= 4 is 16.9 Å². The van der Waals surface area contributed by atoms with Crippen molar-refractivity contribution in [2.45, 2.75) is 6.42 Å². The van der Waals surface area contributed by atoms with Gasteiger partial charge in [-0.3, -0.25) is 14.7 Å². The molecule has 0 radical (unpaired) electrons. The van der Waals surface area contributed by atoms with Gasteiger partial charge in [0.15, 0.2) is 23.1 Å². The van der Waals surface area contributed by atoms with Crippen LogP contribution in [-0.2, 0) is 9.47 Å². The maximum atomic E-state index is 15.1. The highest BCUT2D eigenvalue weighted by molar-refractivity contribution is 5.89. The molecule has 0 bridgehead atoms. The summed E-state index contributed by atoms with van der Waals surface area (Å²) in [7, 11) is 2.74. The van der Waals surface area contributed by atoms with E-state index >= 15 is 4.39 Å². The van der Waals surface area contributed by atoms with Crippen molar-refractivity contribution in [2.24, 2.45) is 0 Å². The van der Waals surface area contributed by atoms with Crippen LogP contribution in [0.1, 0.15) is 16.8 Å². The average molecular weight is 564 g/mol. The van der Waals surface area contributed by atoms with Gasteiger partial charge in [-0.1, -0.05) is 0 Å². The summed E-state index contributed by atoms with van der Waals surface area (Å²) < 4.78 is 42.7. The van der Waals surface area contributed by atoms with Crippen molar-refractivity contribution in [3.63, 3.8) is 0 Å². The van der Waals surface area contributed by atoms with Gasteiger partial charge in [0.05, 0.1) is 39.6 Å². The van der Waals surface area contributed by atoms with Gasteiger partial charge in [-0.05, 0) is 48.9 Å². The largest absolute Gasteiger partial charge is 0.493 e. The minimum atomic E-state index is -0.753. The number of carbonyl (C=O) groups is 1. The van der Waals surface area contributed by atoms with Crippen LogP contribution in [0.5, 0.6) is 23.0 Å². The zero-order valence-electron chi connectivity index (χ0n) is 22.8. The molecule has 10 nitrogen and oxygen atoms in total. The third kappa shape index (κ3) is 6.47. The number of morpholine rings is 1. The molecule has 0 spiro atoms. The molecule has 0 aliphatic carbocycles. The molecule has 2 aromatic carbocycles. The van der Waals surface area contributed by atoms with E-state index in [4.69, 9.17) is 18.9 Å². The van der Waals surface area contributed by atoms with Gasteiger partial charge in [0.2, 0.25) is 0 Å². The smallest absolute Gasteiger partial charge is 0.343 e. The number of esters is 1. The van der Waals surface area contributed by atoms with Crippen molar-refractivity contribution in [3.05, 3.63) is 76.5 Å². The summed E-state index contributed by atoms with van der Waals surface area (Å²) in [5.41, 5.74) is 0.572. The number of hydrogen-bond acceptors (Lipinski definition) is 9. The first kappa shape index (κ1) is 28.1. The van der Waals surface area contributed by atoms with Gasteiger partial charge in [0, 0.05) is 48.5 Å². The second-order valence-electron chi connectivity index (χ2n) is 9.34. The summed E-state index contributed by atoms with van der Waals surface area (Å²) in [5.74, 6) is 0.0482. The summed E-state index contributed by atoms with van der Waals surface area (Å²) in [6, 6.07) is 12.3. The second-order valence-corrected chi connectivity index (χ2v) is 9.34. The molecule has 214 valence electrons. The predicted octanol–water partition coefficient (Wildman–Crippen LogP) is 4.42. The summed E-state index contributed by atoms with van der Waals surface area (Å²) in [6.07, 6.45) is 2.43. The van der Waals surface area contributed by atoms with Crippen LogP contribution in [0.25, 0.3) is 22.2 Å². The average Bonchev–Trinajstić information content (AvgIpc) is 3.00. The fourth-order valence-electron chi connectivity index (χ4n) is 4.57. The van der Waals surface area contributed by atoms with Crippen LogP contribution >= 0.6 is 0 Å². The van der Waals surface area contributed by atoms with Crippen LogP contribution < -0.4 is 19.8 Å². The number of methoxy groups -OCH3 is 2. The van der Waals surface area contributed by atoms with Crippen molar-refractivity contribution in [2.75, 3.05) is 53.7 Å². The molecule has 0 atom stereocenters. The summed E-state index contributed by atoms with van der Waals surface area (Å²) >= 11 is 0.